The molecule has 3 N–H and O–H groups in total. The van der Waals surface area contributed by atoms with Gasteiger partial charge in [-0.2, -0.15) is 0 Å². The van der Waals surface area contributed by atoms with Crippen LogP contribution < -0.4 is 11.3 Å². The van der Waals surface area contributed by atoms with E-state index in [0.29, 0.717) is 5.92 Å². The number of hydrazine groups is 1. The van der Waals surface area contributed by atoms with Gasteiger partial charge in [-0.3, -0.25) is 11.3 Å². The zero-order valence-electron chi connectivity index (χ0n) is 8.85. The van der Waals surface area contributed by atoms with Crippen LogP contribution in [0.4, 0.5) is 0 Å². The van der Waals surface area contributed by atoms with Gasteiger partial charge in [0.25, 0.3) is 0 Å². The van der Waals surface area contributed by atoms with E-state index >= 15 is 0 Å². The average Bonchev–Trinajstić information content (AvgIpc) is 2.04. The van der Waals surface area contributed by atoms with Crippen molar-refractivity contribution in [1.82, 2.24) is 5.43 Å². The standard InChI is InChI=1S/C9H22N2O/c1-6-9(4,12-5)8(11-10)7(2)3/h7-8,11H,6,10H2,1-5H3. The Morgan fingerprint density at radius 2 is 2.00 bits per heavy atom. The number of hydrogen-bond acceptors (Lipinski definition) is 3. The van der Waals surface area contributed by atoms with E-state index in [0.717, 1.165) is 6.42 Å². The van der Waals surface area contributed by atoms with Crippen molar-refractivity contribution in [2.75, 3.05) is 7.11 Å². The Balaban J connectivity index is 4.43. The van der Waals surface area contributed by atoms with Gasteiger partial charge in [0.2, 0.25) is 0 Å². The molecule has 0 aromatic heterocycles. The Bertz CT molecular complexity index is 122. The Morgan fingerprint density at radius 1 is 1.50 bits per heavy atom. The summed E-state index contributed by atoms with van der Waals surface area (Å²) in [5, 5.41) is 0. The summed E-state index contributed by atoms with van der Waals surface area (Å²) in [6, 6.07) is 0.201. The first-order valence-corrected chi connectivity index (χ1v) is 4.53. The first-order valence-electron chi connectivity index (χ1n) is 4.53. The minimum atomic E-state index is -0.164. The lowest BCUT2D eigenvalue weighted by molar-refractivity contribution is -0.0413. The summed E-state index contributed by atoms with van der Waals surface area (Å²) >= 11 is 0. The normalized spacial score (nSPS) is 19.2. The Morgan fingerprint density at radius 3 is 2.08 bits per heavy atom. The van der Waals surface area contributed by atoms with Crippen molar-refractivity contribution in [1.29, 1.82) is 0 Å². The number of methoxy groups -OCH3 is 1. The van der Waals surface area contributed by atoms with Crippen LogP contribution in [0.3, 0.4) is 0 Å². The maximum absolute atomic E-state index is 5.48. The molecule has 2 atom stereocenters. The first-order chi connectivity index (χ1) is 5.51. The van der Waals surface area contributed by atoms with Crippen LogP contribution in [0.25, 0.3) is 0 Å². The molecule has 0 rings (SSSR count). The maximum Gasteiger partial charge on any atom is 0.0816 e. The third-order valence-electron chi connectivity index (χ3n) is 2.67. The quantitative estimate of drug-likeness (QED) is 0.487. The fraction of sp³-hybridized carbons (Fsp3) is 1.00. The topological polar surface area (TPSA) is 47.3 Å². The molecular formula is C9H22N2O. The number of nitrogens with two attached hydrogens (primary N) is 1. The monoisotopic (exact) mass is 174 g/mol. The molecule has 0 aliphatic rings. The van der Waals surface area contributed by atoms with Gasteiger partial charge in [-0.15, -0.1) is 0 Å². The first kappa shape index (κ1) is 11.9. The second-order valence-corrected chi connectivity index (χ2v) is 3.76. The van der Waals surface area contributed by atoms with Crippen molar-refractivity contribution < 1.29 is 4.74 Å². The molecule has 0 radical (unpaired) electrons. The molecule has 0 aliphatic carbocycles. The van der Waals surface area contributed by atoms with Crippen LogP contribution in [-0.2, 0) is 4.74 Å². The van der Waals surface area contributed by atoms with E-state index in [2.05, 4.69) is 33.1 Å². The molecule has 0 aromatic carbocycles. The van der Waals surface area contributed by atoms with Gasteiger partial charge >= 0.3 is 0 Å². The second kappa shape index (κ2) is 4.80. The van der Waals surface area contributed by atoms with E-state index in [-0.39, 0.29) is 11.6 Å². The summed E-state index contributed by atoms with van der Waals surface area (Å²) < 4.78 is 5.46. The van der Waals surface area contributed by atoms with Crippen LogP contribution in [0.5, 0.6) is 0 Å². The van der Waals surface area contributed by atoms with E-state index in [1.54, 1.807) is 7.11 Å². The molecule has 0 heterocycles. The molecule has 0 saturated heterocycles. The minimum Gasteiger partial charge on any atom is -0.377 e. The molecule has 0 saturated carbocycles. The lowest BCUT2D eigenvalue weighted by Crippen LogP contribution is -2.55. The number of nitrogens with one attached hydrogen (secondary N) is 1. The van der Waals surface area contributed by atoms with E-state index in [1.807, 2.05) is 0 Å². The third-order valence-corrected chi connectivity index (χ3v) is 2.67. The zero-order chi connectivity index (χ0) is 9.78. The summed E-state index contributed by atoms with van der Waals surface area (Å²) in [5.74, 6) is 5.95. The van der Waals surface area contributed by atoms with Crippen LogP contribution in [0.2, 0.25) is 0 Å². The number of ether oxygens (including phenoxy) is 1. The van der Waals surface area contributed by atoms with Gasteiger partial charge in [-0.25, -0.2) is 0 Å². The molecule has 0 aromatic rings. The summed E-state index contributed by atoms with van der Waals surface area (Å²) in [4.78, 5) is 0. The minimum absolute atomic E-state index is 0.164. The summed E-state index contributed by atoms with van der Waals surface area (Å²) in [5.41, 5.74) is 2.66. The van der Waals surface area contributed by atoms with Crippen molar-refractivity contribution in [3.63, 3.8) is 0 Å². The van der Waals surface area contributed by atoms with Crippen molar-refractivity contribution in [2.45, 2.75) is 45.8 Å². The molecule has 0 bridgehead atoms. The predicted octanol–water partition coefficient (Wildman–Crippen LogP) is 1.29. The SMILES string of the molecule is CCC(C)(OC)C(NN)C(C)C. The molecule has 3 nitrogen and oxygen atoms in total. The van der Waals surface area contributed by atoms with E-state index in [1.165, 1.54) is 0 Å². The van der Waals surface area contributed by atoms with Gasteiger partial charge in [-0.05, 0) is 19.3 Å². The van der Waals surface area contributed by atoms with Gasteiger partial charge in [0, 0.05) is 7.11 Å². The molecule has 12 heavy (non-hydrogen) atoms. The van der Waals surface area contributed by atoms with Gasteiger partial charge in [0.1, 0.15) is 0 Å². The third kappa shape index (κ3) is 2.44. The number of rotatable bonds is 5. The van der Waals surface area contributed by atoms with Crippen molar-refractivity contribution >= 4 is 0 Å². The average molecular weight is 174 g/mol. The number of hydrogen-bond donors (Lipinski definition) is 2. The Kier molecular flexibility index (Phi) is 4.75. The van der Waals surface area contributed by atoms with Gasteiger partial charge in [0.05, 0.1) is 11.6 Å². The lowest BCUT2D eigenvalue weighted by atomic mass is 9.86. The van der Waals surface area contributed by atoms with Gasteiger partial charge in [0.15, 0.2) is 0 Å². The highest BCUT2D eigenvalue weighted by Gasteiger charge is 2.33. The Hall–Kier alpha value is -0.120. The predicted molar refractivity (Wildman–Crippen MR) is 51.7 cm³/mol. The smallest absolute Gasteiger partial charge is 0.0816 e. The van der Waals surface area contributed by atoms with Crippen molar-refractivity contribution in [2.24, 2.45) is 11.8 Å². The summed E-state index contributed by atoms with van der Waals surface area (Å²) in [6.45, 7) is 8.46. The molecular weight excluding hydrogens is 152 g/mol. The highest BCUT2D eigenvalue weighted by molar-refractivity contribution is 4.88. The molecule has 2 unspecified atom stereocenters. The van der Waals surface area contributed by atoms with Gasteiger partial charge in [-0.1, -0.05) is 20.8 Å². The van der Waals surface area contributed by atoms with Crippen LogP contribution in [0, 0.1) is 5.92 Å². The van der Waals surface area contributed by atoms with Crippen LogP contribution in [-0.4, -0.2) is 18.8 Å². The highest BCUT2D eigenvalue weighted by atomic mass is 16.5. The van der Waals surface area contributed by atoms with Crippen LogP contribution >= 0.6 is 0 Å². The fourth-order valence-electron chi connectivity index (χ4n) is 1.57. The zero-order valence-corrected chi connectivity index (χ0v) is 8.85. The largest absolute Gasteiger partial charge is 0.377 e. The molecule has 0 fully saturated rings. The van der Waals surface area contributed by atoms with Crippen LogP contribution in [0.1, 0.15) is 34.1 Å². The lowest BCUT2D eigenvalue weighted by Gasteiger charge is -2.37. The second-order valence-electron chi connectivity index (χ2n) is 3.76. The molecule has 74 valence electrons. The molecule has 0 spiro atoms. The Labute approximate surface area is 75.6 Å². The molecule has 0 aliphatic heterocycles. The van der Waals surface area contributed by atoms with E-state index < -0.39 is 0 Å². The van der Waals surface area contributed by atoms with Crippen LogP contribution in [0.15, 0.2) is 0 Å². The van der Waals surface area contributed by atoms with E-state index in [9.17, 15) is 0 Å². The highest BCUT2D eigenvalue weighted by Crippen LogP contribution is 2.23. The molecule has 0 amide bonds. The van der Waals surface area contributed by atoms with Gasteiger partial charge < -0.3 is 4.74 Å². The maximum atomic E-state index is 5.48. The summed E-state index contributed by atoms with van der Waals surface area (Å²) in [7, 11) is 1.73. The molecule has 3 heteroatoms. The van der Waals surface area contributed by atoms with Crippen molar-refractivity contribution in [3.05, 3.63) is 0 Å². The fourth-order valence-corrected chi connectivity index (χ4v) is 1.57. The summed E-state index contributed by atoms with van der Waals surface area (Å²) in [6.07, 6.45) is 0.955. The van der Waals surface area contributed by atoms with E-state index in [4.69, 9.17) is 10.6 Å². The van der Waals surface area contributed by atoms with Crippen molar-refractivity contribution in [3.8, 4) is 0 Å².